The quantitative estimate of drug-likeness (QED) is 0.0287. The second-order valence-electron chi connectivity index (χ2n) is 24.4. The molecule has 0 radical (unpaired) electrons. The first-order valence-electron chi connectivity index (χ1n) is 30.8. The van der Waals surface area contributed by atoms with Crippen LogP contribution in [0.3, 0.4) is 0 Å². The van der Waals surface area contributed by atoms with E-state index in [1.807, 2.05) is 0 Å². The number of ether oxygens (including phenoxy) is 13. The molecule has 1 unspecified atom stereocenters. The summed E-state index contributed by atoms with van der Waals surface area (Å²) in [6.07, 6.45) is -86.4. The number of nitrogens with one attached hydrogen (secondary N) is 1. The largest absolute Gasteiger partial charge is 0.477 e. The van der Waals surface area contributed by atoms with Crippen molar-refractivity contribution in [1.82, 2.24) is 5.32 Å². The third-order valence-corrected chi connectivity index (χ3v) is 18.4. The van der Waals surface area contributed by atoms with Gasteiger partial charge in [0.1, 0.15) is 171 Å². The maximum atomic E-state index is 13.4. The van der Waals surface area contributed by atoms with E-state index >= 15 is 0 Å². The molecule has 7 saturated heterocycles. The van der Waals surface area contributed by atoms with Gasteiger partial charge in [-0.2, -0.15) is 0 Å². The fraction of sp³-hybridized carbons (Fsp3) is 0.942. The van der Waals surface area contributed by atoms with Crippen LogP contribution in [0.25, 0.3) is 0 Å². The second-order valence-corrected chi connectivity index (χ2v) is 25.8. The Morgan fingerprint density at radius 1 is 0.500 bits per heavy atom. The number of rotatable bonds is 31. The number of nitrogens with two attached hydrogens (primary N) is 1. The first-order chi connectivity index (χ1) is 46.9. The molecule has 0 bridgehead atoms. The number of aliphatic hydroxyl groups excluding tert-OH is 22. The van der Waals surface area contributed by atoms with E-state index in [4.69, 9.17) is 76.4 Å². The van der Waals surface area contributed by atoms with Crippen molar-refractivity contribution < 1.29 is 222 Å². The molecule has 7 fully saturated rings. The molecule has 38 atom stereocenters. The summed E-state index contributed by atoms with van der Waals surface area (Å²) in [7, 11) is -5.27. The molecule has 0 aromatic heterocycles. The fourth-order valence-electron chi connectivity index (χ4n) is 12.1. The number of carboxylic acids is 2. The Hall–Kier alpha value is -2.96. The lowest BCUT2D eigenvalue weighted by Gasteiger charge is -2.53. The summed E-state index contributed by atoms with van der Waals surface area (Å²) in [5.74, 6) is -12.8. The molecule has 582 valence electrons. The zero-order valence-electron chi connectivity index (χ0n) is 52.4. The number of hydrogen-bond donors (Lipinski definition) is 28. The molecular formula is C52H89N2O45P. The zero-order valence-corrected chi connectivity index (χ0v) is 53.3. The third kappa shape index (κ3) is 18.5. The summed E-state index contributed by atoms with van der Waals surface area (Å²) in [6, 6.07) is -2.06. The van der Waals surface area contributed by atoms with Gasteiger partial charge in [-0.05, 0) is 0 Å². The van der Waals surface area contributed by atoms with Gasteiger partial charge < -0.3 is 205 Å². The number of aliphatic hydroxyl groups is 23. The van der Waals surface area contributed by atoms with Crippen LogP contribution in [-0.2, 0) is 89.6 Å². The van der Waals surface area contributed by atoms with E-state index in [0.29, 0.717) is 0 Å². The minimum atomic E-state index is -5.27. The van der Waals surface area contributed by atoms with Crippen molar-refractivity contribution in [2.45, 2.75) is 246 Å². The number of carboxylic acid groups (broad SMARTS) is 2. The van der Waals surface area contributed by atoms with E-state index in [-0.39, 0.29) is 6.54 Å². The number of phosphoric ester groups is 1. The van der Waals surface area contributed by atoms with Crippen LogP contribution in [0.2, 0.25) is 0 Å². The lowest BCUT2D eigenvalue weighted by molar-refractivity contribution is -0.423. The van der Waals surface area contributed by atoms with Gasteiger partial charge in [0.25, 0.3) is 11.6 Å². The minimum absolute atomic E-state index is 0.389. The Bertz CT molecular complexity index is 2650. The summed E-state index contributed by atoms with van der Waals surface area (Å²) in [5, 5.41) is 278. The highest BCUT2D eigenvalue weighted by molar-refractivity contribution is 7.47. The van der Waals surface area contributed by atoms with Crippen LogP contribution in [0, 0.1) is 0 Å². The van der Waals surface area contributed by atoms with Crippen LogP contribution in [0.1, 0.15) is 19.8 Å². The van der Waals surface area contributed by atoms with Gasteiger partial charge >= 0.3 is 19.8 Å². The van der Waals surface area contributed by atoms with Gasteiger partial charge in [-0.3, -0.25) is 13.8 Å². The molecule has 0 aliphatic carbocycles. The van der Waals surface area contributed by atoms with Gasteiger partial charge in [0.15, 0.2) is 31.5 Å². The van der Waals surface area contributed by atoms with Gasteiger partial charge in [0.2, 0.25) is 5.91 Å². The Kier molecular flexibility index (Phi) is 30.0. The van der Waals surface area contributed by atoms with Crippen LogP contribution in [0.4, 0.5) is 0 Å². The lowest BCUT2D eigenvalue weighted by atomic mass is 9.89. The Balaban J connectivity index is 1.46. The van der Waals surface area contributed by atoms with Crippen molar-refractivity contribution in [3.8, 4) is 0 Å². The Morgan fingerprint density at radius 2 is 0.960 bits per heavy atom. The molecule has 7 rings (SSSR count). The SMILES string of the molecule is CC(=O)N[C@H]1[C@@H](O[C@@H]2[C@@H](O[C@@H]3[C@H](O)[C@@H](O[C@H]4[C@@H]([C@H](O)CO)O[C@@](O)(C(=O)O)C[C@H]4O[C@]4(C(=O)O)C[C@@H](O)[C@@H](O)[C@@H]([C@H](O)CO)O4)O[C@H]([C@@H](O)CO)[C@H]3O[C@@H]3O[C@H](CO)[C@@H](O)[C@H](O)[C@H]3O)O[C@H]([C@@H](O)COP(=O)(O)OCCN)[C@@H](O)[C@@H]2O[C@H]2O[C@H](CO)[C@@H](O)[C@H](O)[C@H]2O)O[C@H](CO)[C@@H](O)[C@@H]1O. The summed E-state index contributed by atoms with van der Waals surface area (Å²) < 4.78 is 99.4. The van der Waals surface area contributed by atoms with E-state index in [1.165, 1.54) is 0 Å². The standard InChI is InChI=1S/C52H89N2O45P/c1-13(61)54-23-28(71)25(68)20(9-58)87-44(23)96-43-40(93-45-31(74)29(72)26(69)21(10-59)88-45)33(76)35(18(66)12-86-100(83,84)85-3-2-53)90-48(43)94-41-34(77)47(91-37(16(64)7-56)42(41)95-46-32(75)30(73)27(70)22(11-60)89-46)92-39-19(5-51(82,49(78)79)98-38(39)17(65)8-57)97-52(50(80)81)4-14(62)24(67)36(99-52)15(63)6-55/h14-48,55-60,62-77,82H,2-12,53H2,1H3,(H,54,61)(H,78,79)(H,80,81)(H,83,84)/t14-,15-,16+,17-,18+,19-,20-,21-,22-,23-,24-,25-,26-,27-,28-,29+,30+,31-,32-,33-,34+,35-,36-,37-,38-,39-,40+,41-,42-,43+,44-,45-,46+,47-,48-,51-,52-/m1/s1. The van der Waals surface area contributed by atoms with Crippen LogP contribution in [0.15, 0.2) is 0 Å². The van der Waals surface area contributed by atoms with Gasteiger partial charge in [-0.15, -0.1) is 0 Å². The van der Waals surface area contributed by atoms with Gasteiger partial charge in [0.05, 0.1) is 65.1 Å². The van der Waals surface area contributed by atoms with Gasteiger partial charge in [-0.25, -0.2) is 14.2 Å². The normalized spacial score (nSPS) is 46.2. The lowest BCUT2D eigenvalue weighted by Crippen LogP contribution is -2.72. The van der Waals surface area contributed by atoms with Crippen molar-refractivity contribution in [2.24, 2.45) is 5.73 Å². The molecule has 1 amide bonds. The molecular weight excluding hydrogens is 1400 g/mol. The van der Waals surface area contributed by atoms with Crippen molar-refractivity contribution >= 4 is 25.7 Å². The zero-order chi connectivity index (χ0) is 74.5. The van der Waals surface area contributed by atoms with Gasteiger partial charge in [0, 0.05) is 26.3 Å². The summed E-state index contributed by atoms with van der Waals surface area (Å²) in [5.41, 5.74) is 5.39. The van der Waals surface area contributed by atoms with Crippen LogP contribution < -0.4 is 11.1 Å². The van der Waals surface area contributed by atoms with Crippen molar-refractivity contribution in [3.05, 3.63) is 0 Å². The number of amides is 1. The average molecular weight is 1490 g/mol. The molecule has 0 spiro atoms. The first-order valence-corrected chi connectivity index (χ1v) is 32.3. The maximum absolute atomic E-state index is 13.4. The monoisotopic (exact) mass is 1490 g/mol. The molecule has 47 nitrogen and oxygen atoms in total. The predicted octanol–water partition coefficient (Wildman–Crippen LogP) is -17.6. The smallest absolute Gasteiger partial charge is 0.472 e. The number of phosphoric acid groups is 1. The van der Waals surface area contributed by atoms with Crippen molar-refractivity contribution in [1.29, 1.82) is 0 Å². The fourth-order valence-corrected chi connectivity index (χ4v) is 12.8. The van der Waals surface area contributed by atoms with E-state index < -0.39 is 317 Å². The van der Waals surface area contributed by atoms with E-state index in [1.54, 1.807) is 0 Å². The third-order valence-electron chi connectivity index (χ3n) is 17.4. The summed E-state index contributed by atoms with van der Waals surface area (Å²) in [6.45, 7) is -9.55. The Morgan fingerprint density at radius 3 is 1.47 bits per heavy atom. The Labute approximate surface area is 563 Å². The highest BCUT2D eigenvalue weighted by Crippen LogP contribution is 2.46. The summed E-state index contributed by atoms with van der Waals surface area (Å²) >= 11 is 0. The van der Waals surface area contributed by atoms with E-state index in [9.17, 15) is 152 Å². The highest BCUT2D eigenvalue weighted by atomic mass is 31.2. The molecule has 0 aromatic carbocycles. The molecule has 0 aromatic rings. The van der Waals surface area contributed by atoms with Crippen LogP contribution in [-0.4, -0.2) is 436 Å². The van der Waals surface area contributed by atoms with Gasteiger partial charge in [-0.1, -0.05) is 0 Å². The number of carbonyl (C=O) groups excluding carboxylic acids is 1. The molecule has 100 heavy (non-hydrogen) atoms. The molecule has 7 aliphatic heterocycles. The van der Waals surface area contributed by atoms with Crippen LogP contribution >= 0.6 is 7.82 Å². The average Bonchev–Trinajstić information content (AvgIpc) is 0.750. The number of hydrogen-bond acceptors (Lipinski definition) is 43. The maximum Gasteiger partial charge on any atom is 0.472 e. The molecule has 29 N–H and O–H groups in total. The number of aliphatic carboxylic acids is 2. The molecule has 7 heterocycles. The van der Waals surface area contributed by atoms with Crippen molar-refractivity contribution in [3.63, 3.8) is 0 Å². The molecule has 7 aliphatic rings. The topological polar surface area (TPSA) is 771 Å². The minimum Gasteiger partial charge on any atom is -0.477 e. The molecule has 0 saturated carbocycles. The highest BCUT2D eigenvalue weighted by Gasteiger charge is 2.65. The van der Waals surface area contributed by atoms with Crippen LogP contribution in [0.5, 0.6) is 0 Å². The second kappa shape index (κ2) is 35.6. The van der Waals surface area contributed by atoms with Crippen molar-refractivity contribution in [2.75, 3.05) is 59.4 Å². The predicted molar refractivity (Wildman–Crippen MR) is 301 cm³/mol. The number of carbonyl (C=O) groups is 3. The van der Waals surface area contributed by atoms with E-state index in [0.717, 1.165) is 6.92 Å². The molecule has 48 heteroatoms. The van der Waals surface area contributed by atoms with E-state index in [2.05, 4.69) is 5.32 Å². The first kappa shape index (κ1) is 84.3. The summed E-state index contributed by atoms with van der Waals surface area (Å²) in [4.78, 5) is 49.5.